The van der Waals surface area contributed by atoms with E-state index in [1.807, 2.05) is 0 Å². The van der Waals surface area contributed by atoms with Crippen LogP contribution in [0, 0.1) is 5.82 Å². The van der Waals surface area contributed by atoms with Gasteiger partial charge in [-0.15, -0.1) is 13.2 Å². The average Bonchev–Trinajstić information content (AvgIpc) is 2.22. The highest BCUT2D eigenvalue weighted by Crippen LogP contribution is 2.16. The molecule has 1 rings (SSSR count). The molecule has 0 aliphatic heterocycles. The van der Waals surface area contributed by atoms with E-state index in [-0.39, 0.29) is 11.2 Å². The van der Waals surface area contributed by atoms with E-state index in [1.54, 1.807) is 0 Å². The summed E-state index contributed by atoms with van der Waals surface area (Å²) in [5.74, 6) is -0.970. The molecule has 0 bridgehead atoms. The lowest BCUT2D eigenvalue weighted by molar-refractivity contribution is -0.325. The number of rotatable bonds is 5. The SMILES string of the molecule is OB(O)c1ccc(OCCOC(F)(F)F)cc1F. The van der Waals surface area contributed by atoms with Crippen molar-refractivity contribution in [2.75, 3.05) is 13.2 Å². The van der Waals surface area contributed by atoms with Gasteiger partial charge in [-0.25, -0.2) is 4.39 Å². The van der Waals surface area contributed by atoms with Gasteiger partial charge in [-0.2, -0.15) is 0 Å². The Labute approximate surface area is 99.9 Å². The van der Waals surface area contributed by atoms with Gasteiger partial charge in [-0.05, 0) is 6.07 Å². The van der Waals surface area contributed by atoms with Gasteiger partial charge in [0.05, 0.1) is 6.61 Å². The molecule has 2 N–H and O–H groups in total. The molecule has 4 nitrogen and oxygen atoms in total. The van der Waals surface area contributed by atoms with Crippen molar-refractivity contribution in [3.05, 3.63) is 24.0 Å². The summed E-state index contributed by atoms with van der Waals surface area (Å²) in [6, 6.07) is 3.09. The molecule has 9 heteroatoms. The Morgan fingerprint density at radius 1 is 1.17 bits per heavy atom. The van der Waals surface area contributed by atoms with Crippen LogP contribution in [0.2, 0.25) is 0 Å². The lowest BCUT2D eigenvalue weighted by Crippen LogP contribution is -2.32. The van der Waals surface area contributed by atoms with Gasteiger partial charge < -0.3 is 14.8 Å². The summed E-state index contributed by atoms with van der Waals surface area (Å²) < 4.78 is 56.2. The minimum Gasteiger partial charge on any atom is -0.491 e. The number of alkyl halides is 3. The molecule has 0 amide bonds. The van der Waals surface area contributed by atoms with Gasteiger partial charge in [-0.1, -0.05) is 6.07 Å². The normalized spacial score (nSPS) is 11.4. The summed E-state index contributed by atoms with van der Waals surface area (Å²) in [5, 5.41) is 17.5. The highest BCUT2D eigenvalue weighted by molar-refractivity contribution is 6.58. The molecular weight excluding hydrogens is 259 g/mol. The van der Waals surface area contributed by atoms with E-state index in [0.717, 1.165) is 12.1 Å². The summed E-state index contributed by atoms with van der Waals surface area (Å²) in [6.45, 7) is -1.14. The van der Waals surface area contributed by atoms with Crippen LogP contribution in [0.3, 0.4) is 0 Å². The van der Waals surface area contributed by atoms with Crippen molar-refractivity contribution in [2.24, 2.45) is 0 Å². The van der Waals surface area contributed by atoms with Crippen LogP contribution in [0.25, 0.3) is 0 Å². The molecule has 0 saturated carbocycles. The van der Waals surface area contributed by atoms with E-state index < -0.39 is 32.5 Å². The van der Waals surface area contributed by atoms with Crippen molar-refractivity contribution >= 4 is 12.6 Å². The van der Waals surface area contributed by atoms with Crippen LogP contribution in [0.1, 0.15) is 0 Å². The molecule has 1 aromatic carbocycles. The van der Waals surface area contributed by atoms with Crippen molar-refractivity contribution in [1.29, 1.82) is 0 Å². The second kappa shape index (κ2) is 6.03. The van der Waals surface area contributed by atoms with Crippen LogP contribution in [-0.4, -0.2) is 36.7 Å². The molecule has 0 saturated heterocycles. The molecule has 0 unspecified atom stereocenters. The Balaban J connectivity index is 2.47. The second-order valence-electron chi connectivity index (χ2n) is 3.20. The van der Waals surface area contributed by atoms with Gasteiger partial charge in [0.25, 0.3) is 0 Å². The van der Waals surface area contributed by atoms with E-state index in [2.05, 4.69) is 4.74 Å². The van der Waals surface area contributed by atoms with Crippen LogP contribution in [0.15, 0.2) is 18.2 Å². The first-order valence-electron chi connectivity index (χ1n) is 4.78. The van der Waals surface area contributed by atoms with Gasteiger partial charge in [0.1, 0.15) is 18.2 Å². The minimum absolute atomic E-state index is 0.0392. The molecule has 0 fully saturated rings. The number of ether oxygens (including phenoxy) is 2. The van der Waals surface area contributed by atoms with Gasteiger partial charge in [0.15, 0.2) is 0 Å². The lowest BCUT2D eigenvalue weighted by atomic mass is 9.80. The fourth-order valence-corrected chi connectivity index (χ4v) is 1.12. The summed E-state index contributed by atoms with van der Waals surface area (Å²) in [7, 11) is -1.97. The third-order valence-electron chi connectivity index (χ3n) is 1.87. The molecular formula is C9H9BF4O4. The molecule has 0 heterocycles. The zero-order valence-corrected chi connectivity index (χ0v) is 8.95. The minimum atomic E-state index is -4.74. The van der Waals surface area contributed by atoms with Gasteiger partial charge >= 0.3 is 13.5 Å². The molecule has 0 atom stereocenters. The molecule has 0 aliphatic carbocycles. The highest BCUT2D eigenvalue weighted by atomic mass is 19.4. The topological polar surface area (TPSA) is 58.9 Å². The van der Waals surface area contributed by atoms with Gasteiger partial charge in [-0.3, -0.25) is 4.74 Å². The van der Waals surface area contributed by atoms with E-state index in [0.29, 0.717) is 0 Å². The zero-order valence-electron chi connectivity index (χ0n) is 8.95. The maximum atomic E-state index is 13.2. The van der Waals surface area contributed by atoms with Crippen LogP contribution in [0.4, 0.5) is 17.6 Å². The fraction of sp³-hybridized carbons (Fsp3) is 0.333. The molecule has 100 valence electrons. The second-order valence-corrected chi connectivity index (χ2v) is 3.20. The molecule has 18 heavy (non-hydrogen) atoms. The largest absolute Gasteiger partial charge is 0.522 e. The Morgan fingerprint density at radius 3 is 2.33 bits per heavy atom. The number of hydrogen-bond donors (Lipinski definition) is 2. The first kappa shape index (κ1) is 14.7. The van der Waals surface area contributed by atoms with Crippen molar-refractivity contribution in [1.82, 2.24) is 0 Å². The third kappa shape index (κ3) is 4.90. The van der Waals surface area contributed by atoms with Crippen molar-refractivity contribution < 1.29 is 37.1 Å². The first-order valence-corrected chi connectivity index (χ1v) is 4.78. The predicted molar refractivity (Wildman–Crippen MR) is 53.7 cm³/mol. The Morgan fingerprint density at radius 2 is 1.83 bits per heavy atom. The van der Waals surface area contributed by atoms with Crippen LogP contribution in [0.5, 0.6) is 5.75 Å². The maximum absolute atomic E-state index is 13.2. The number of halogens is 4. The summed E-state index contributed by atoms with van der Waals surface area (Å²) in [4.78, 5) is 0. The zero-order chi connectivity index (χ0) is 13.8. The van der Waals surface area contributed by atoms with Gasteiger partial charge in [0.2, 0.25) is 0 Å². The average molecular weight is 268 g/mol. The molecule has 0 aliphatic rings. The molecule has 0 spiro atoms. The Bertz CT molecular complexity index is 397. The number of hydrogen-bond acceptors (Lipinski definition) is 4. The molecule has 0 radical (unpaired) electrons. The monoisotopic (exact) mass is 268 g/mol. The molecule has 1 aromatic rings. The smallest absolute Gasteiger partial charge is 0.491 e. The fourth-order valence-electron chi connectivity index (χ4n) is 1.12. The van der Waals surface area contributed by atoms with E-state index in [9.17, 15) is 17.6 Å². The Kier molecular flexibility index (Phi) is 4.94. The van der Waals surface area contributed by atoms with E-state index >= 15 is 0 Å². The van der Waals surface area contributed by atoms with Crippen LogP contribution >= 0.6 is 0 Å². The summed E-state index contributed by atoms with van der Waals surface area (Å²) >= 11 is 0. The summed E-state index contributed by atoms with van der Waals surface area (Å²) in [6.07, 6.45) is -4.74. The maximum Gasteiger partial charge on any atom is 0.522 e. The van der Waals surface area contributed by atoms with Crippen molar-refractivity contribution in [3.63, 3.8) is 0 Å². The van der Waals surface area contributed by atoms with Crippen molar-refractivity contribution in [3.8, 4) is 5.75 Å². The third-order valence-corrected chi connectivity index (χ3v) is 1.87. The predicted octanol–water partition coefficient (Wildman–Crippen LogP) is 0.421. The highest BCUT2D eigenvalue weighted by Gasteiger charge is 2.28. The van der Waals surface area contributed by atoms with Gasteiger partial charge in [0, 0.05) is 11.5 Å². The van der Waals surface area contributed by atoms with Crippen LogP contribution < -0.4 is 10.2 Å². The lowest BCUT2D eigenvalue weighted by Gasteiger charge is -2.10. The van der Waals surface area contributed by atoms with E-state index in [4.69, 9.17) is 14.8 Å². The van der Waals surface area contributed by atoms with E-state index in [1.165, 1.54) is 6.07 Å². The van der Waals surface area contributed by atoms with Crippen LogP contribution in [-0.2, 0) is 4.74 Å². The first-order chi connectivity index (χ1) is 8.29. The standard InChI is InChI=1S/C9H9BF4O4/c11-8-5-6(1-2-7(8)10(15)16)17-3-4-18-9(12,13)14/h1-2,5,15-16H,3-4H2. The Hall–Kier alpha value is -1.32. The molecule has 0 aromatic heterocycles. The number of benzene rings is 1. The quantitative estimate of drug-likeness (QED) is 0.461. The summed E-state index contributed by atoms with van der Waals surface area (Å²) in [5.41, 5.74) is -0.353. The van der Waals surface area contributed by atoms with Crippen molar-refractivity contribution in [2.45, 2.75) is 6.36 Å².